The van der Waals surface area contributed by atoms with E-state index in [1.165, 1.54) is 10.5 Å². The second-order valence-corrected chi connectivity index (χ2v) is 7.36. The normalized spacial score (nSPS) is 12.1. The summed E-state index contributed by atoms with van der Waals surface area (Å²) >= 11 is 1.71. The van der Waals surface area contributed by atoms with Crippen LogP contribution >= 0.6 is 11.8 Å². The summed E-state index contributed by atoms with van der Waals surface area (Å²) in [7, 11) is 0. The third-order valence-corrected chi connectivity index (χ3v) is 5.36. The first-order valence-corrected chi connectivity index (χ1v) is 10.0. The highest BCUT2D eigenvalue weighted by molar-refractivity contribution is 7.98. The molecular weight excluding hydrogens is 360 g/mol. The molecule has 2 heterocycles. The first kappa shape index (κ1) is 17.7. The molecule has 1 aliphatic rings. The Morgan fingerprint density at radius 1 is 1.22 bits per heavy atom. The number of aryl methyl sites for hydroxylation is 1. The van der Waals surface area contributed by atoms with Crippen LogP contribution in [0.5, 0.6) is 5.75 Å². The molecule has 27 heavy (non-hydrogen) atoms. The molecule has 0 unspecified atom stereocenters. The minimum atomic E-state index is -0.236. The molecule has 0 bridgehead atoms. The zero-order chi connectivity index (χ0) is 18.8. The molecule has 0 radical (unpaired) electrons. The van der Waals surface area contributed by atoms with E-state index >= 15 is 0 Å². The number of carbonyl (C=O) groups excluding carboxylic acids is 1. The number of amides is 1. The Labute approximate surface area is 162 Å². The summed E-state index contributed by atoms with van der Waals surface area (Å²) < 4.78 is 11.3. The molecule has 0 spiro atoms. The van der Waals surface area contributed by atoms with Gasteiger partial charge in [-0.3, -0.25) is 4.79 Å². The van der Waals surface area contributed by atoms with Crippen LogP contribution in [-0.2, 0) is 13.0 Å². The second kappa shape index (κ2) is 7.48. The Morgan fingerprint density at radius 2 is 2.04 bits per heavy atom. The molecular formula is C21H20N2O3S. The lowest BCUT2D eigenvalue weighted by Gasteiger charge is -2.16. The van der Waals surface area contributed by atoms with Crippen LogP contribution in [0.15, 0.2) is 51.9 Å². The number of benzene rings is 2. The standard InChI is InChI=1S/C21H20N2O3S/c1-13-3-8-18-16(11-13)20-17(12-25-18)19(23-26-20)21(24)22-10-9-14-4-6-15(27-2)7-5-14/h3-8,11H,9-10,12H2,1-2H3,(H,22,24). The van der Waals surface area contributed by atoms with Crippen LogP contribution in [0.4, 0.5) is 0 Å². The topological polar surface area (TPSA) is 64.4 Å². The molecule has 1 amide bonds. The van der Waals surface area contributed by atoms with Crippen LogP contribution in [0.1, 0.15) is 27.2 Å². The Morgan fingerprint density at radius 3 is 2.81 bits per heavy atom. The van der Waals surface area contributed by atoms with Gasteiger partial charge < -0.3 is 14.6 Å². The minimum Gasteiger partial charge on any atom is -0.488 e. The molecule has 3 aromatic rings. The van der Waals surface area contributed by atoms with Crippen molar-refractivity contribution in [2.24, 2.45) is 0 Å². The number of nitrogens with zero attached hydrogens (tertiary/aromatic N) is 1. The van der Waals surface area contributed by atoms with Gasteiger partial charge in [-0.25, -0.2) is 0 Å². The molecule has 4 rings (SSSR count). The van der Waals surface area contributed by atoms with Crippen LogP contribution in [0.3, 0.4) is 0 Å². The minimum absolute atomic E-state index is 0.236. The van der Waals surface area contributed by atoms with E-state index < -0.39 is 0 Å². The number of fused-ring (bicyclic) bond motifs is 3. The monoisotopic (exact) mass is 380 g/mol. The molecule has 0 saturated carbocycles. The summed E-state index contributed by atoms with van der Waals surface area (Å²) in [6.45, 7) is 2.83. The van der Waals surface area contributed by atoms with Crippen LogP contribution in [-0.4, -0.2) is 23.9 Å². The maximum absolute atomic E-state index is 12.6. The lowest BCUT2D eigenvalue weighted by molar-refractivity contribution is 0.0943. The fraction of sp³-hybridized carbons (Fsp3) is 0.238. The summed E-state index contributed by atoms with van der Waals surface area (Å²) in [5, 5.41) is 6.93. The second-order valence-electron chi connectivity index (χ2n) is 6.48. The number of carbonyl (C=O) groups is 1. The molecule has 0 fully saturated rings. The number of hydrogen-bond acceptors (Lipinski definition) is 5. The van der Waals surface area contributed by atoms with Crippen molar-refractivity contribution in [1.29, 1.82) is 0 Å². The summed E-state index contributed by atoms with van der Waals surface area (Å²) in [4.78, 5) is 13.8. The van der Waals surface area contributed by atoms with Gasteiger partial charge in [0.2, 0.25) is 0 Å². The van der Waals surface area contributed by atoms with Crippen molar-refractivity contribution >= 4 is 17.7 Å². The fourth-order valence-electron chi connectivity index (χ4n) is 3.13. The van der Waals surface area contributed by atoms with E-state index in [0.29, 0.717) is 23.6 Å². The SMILES string of the molecule is CSc1ccc(CCNC(=O)c2noc3c2COc2ccc(C)cc2-3)cc1. The Bertz CT molecular complexity index is 980. The number of nitrogens with one attached hydrogen (secondary N) is 1. The van der Waals surface area contributed by atoms with Crippen molar-refractivity contribution in [3.05, 3.63) is 64.8 Å². The van der Waals surface area contributed by atoms with E-state index in [0.717, 1.165) is 23.3 Å². The number of ether oxygens (including phenoxy) is 1. The van der Waals surface area contributed by atoms with Crippen molar-refractivity contribution < 1.29 is 14.1 Å². The maximum atomic E-state index is 12.6. The summed E-state index contributed by atoms with van der Waals surface area (Å²) in [6, 6.07) is 14.2. The molecule has 6 heteroatoms. The average molecular weight is 380 g/mol. The fourth-order valence-corrected chi connectivity index (χ4v) is 3.53. The van der Waals surface area contributed by atoms with Crippen molar-refractivity contribution in [2.75, 3.05) is 12.8 Å². The van der Waals surface area contributed by atoms with Crippen LogP contribution in [0, 0.1) is 6.92 Å². The predicted molar refractivity (Wildman–Crippen MR) is 105 cm³/mol. The van der Waals surface area contributed by atoms with E-state index in [4.69, 9.17) is 9.26 Å². The van der Waals surface area contributed by atoms with E-state index in [1.807, 2.05) is 25.1 Å². The van der Waals surface area contributed by atoms with E-state index in [1.54, 1.807) is 11.8 Å². The van der Waals surface area contributed by atoms with Gasteiger partial charge in [0.1, 0.15) is 12.4 Å². The highest BCUT2D eigenvalue weighted by Crippen LogP contribution is 2.39. The molecule has 1 aromatic heterocycles. The largest absolute Gasteiger partial charge is 0.488 e. The number of rotatable bonds is 5. The molecule has 0 saturated heterocycles. The Kier molecular flexibility index (Phi) is 4.90. The Balaban J connectivity index is 1.44. The van der Waals surface area contributed by atoms with Gasteiger partial charge in [0.15, 0.2) is 11.5 Å². The third-order valence-electron chi connectivity index (χ3n) is 4.61. The van der Waals surface area contributed by atoms with Crippen molar-refractivity contribution in [3.8, 4) is 17.1 Å². The molecule has 2 aromatic carbocycles. The van der Waals surface area contributed by atoms with Crippen molar-refractivity contribution in [2.45, 2.75) is 24.8 Å². The average Bonchev–Trinajstić information content (AvgIpc) is 3.13. The third kappa shape index (κ3) is 3.57. The Hall–Kier alpha value is -2.73. The van der Waals surface area contributed by atoms with E-state index in [2.05, 4.69) is 41.0 Å². The van der Waals surface area contributed by atoms with Gasteiger partial charge in [0.25, 0.3) is 5.91 Å². The molecule has 5 nitrogen and oxygen atoms in total. The molecule has 1 aliphatic heterocycles. The molecule has 0 atom stereocenters. The van der Waals surface area contributed by atoms with Crippen LogP contribution in [0.25, 0.3) is 11.3 Å². The smallest absolute Gasteiger partial charge is 0.273 e. The maximum Gasteiger partial charge on any atom is 0.273 e. The van der Waals surface area contributed by atoms with Crippen molar-refractivity contribution in [3.63, 3.8) is 0 Å². The lowest BCUT2D eigenvalue weighted by atomic mass is 10.0. The van der Waals surface area contributed by atoms with Gasteiger partial charge in [-0.15, -0.1) is 11.8 Å². The number of thioether (sulfide) groups is 1. The molecule has 138 valence electrons. The number of hydrogen-bond donors (Lipinski definition) is 1. The van der Waals surface area contributed by atoms with E-state index in [-0.39, 0.29) is 12.5 Å². The quantitative estimate of drug-likeness (QED) is 0.671. The zero-order valence-electron chi connectivity index (χ0n) is 15.2. The number of aromatic nitrogens is 1. The summed E-state index contributed by atoms with van der Waals surface area (Å²) in [5.41, 5.74) is 4.13. The highest BCUT2D eigenvalue weighted by atomic mass is 32.2. The van der Waals surface area contributed by atoms with Crippen LogP contribution in [0.2, 0.25) is 0 Å². The highest BCUT2D eigenvalue weighted by Gasteiger charge is 2.28. The van der Waals surface area contributed by atoms with Crippen molar-refractivity contribution in [1.82, 2.24) is 10.5 Å². The first-order valence-electron chi connectivity index (χ1n) is 8.79. The van der Waals surface area contributed by atoms with Gasteiger partial charge >= 0.3 is 0 Å². The zero-order valence-corrected chi connectivity index (χ0v) is 16.1. The summed E-state index contributed by atoms with van der Waals surface area (Å²) in [5.74, 6) is 1.14. The molecule has 0 aliphatic carbocycles. The predicted octanol–water partition coefficient (Wildman–Crippen LogP) is 4.24. The lowest BCUT2D eigenvalue weighted by Crippen LogP contribution is -2.27. The van der Waals surface area contributed by atoms with Gasteiger partial charge in [0.05, 0.1) is 11.1 Å². The van der Waals surface area contributed by atoms with Gasteiger partial charge in [-0.05, 0) is 49.4 Å². The van der Waals surface area contributed by atoms with E-state index in [9.17, 15) is 4.79 Å². The van der Waals surface area contributed by atoms with Gasteiger partial charge in [-0.1, -0.05) is 28.9 Å². The van der Waals surface area contributed by atoms with Gasteiger partial charge in [0, 0.05) is 11.4 Å². The van der Waals surface area contributed by atoms with Gasteiger partial charge in [-0.2, -0.15) is 0 Å². The first-order chi connectivity index (χ1) is 13.2. The summed E-state index contributed by atoms with van der Waals surface area (Å²) in [6.07, 6.45) is 2.82. The molecule has 1 N–H and O–H groups in total. The van der Waals surface area contributed by atoms with Crippen LogP contribution < -0.4 is 10.1 Å².